The molecule has 2 bridgehead atoms. The fourth-order valence-electron chi connectivity index (χ4n) is 2.58. The maximum Gasteiger partial charge on any atom is 0.271 e. The minimum absolute atomic E-state index is 0. The van der Waals surface area contributed by atoms with Crippen LogP contribution in [0.2, 0.25) is 0 Å². The predicted octanol–water partition coefficient (Wildman–Crippen LogP) is 1.35. The van der Waals surface area contributed by atoms with Crippen molar-refractivity contribution in [3.63, 3.8) is 0 Å². The van der Waals surface area contributed by atoms with E-state index in [9.17, 15) is 10.1 Å². The average molecular weight is 256 g/mol. The maximum atomic E-state index is 10.7. The molecule has 1 fully saturated rings. The van der Waals surface area contributed by atoms with Gasteiger partial charge < -0.3 is 10.2 Å². The molecule has 0 aromatic heterocycles. The lowest BCUT2D eigenvalue weighted by atomic mass is 9.95. The van der Waals surface area contributed by atoms with Crippen LogP contribution in [0.3, 0.4) is 0 Å². The Morgan fingerprint density at radius 1 is 1.47 bits per heavy atom. The van der Waals surface area contributed by atoms with Gasteiger partial charge in [-0.15, -0.1) is 12.4 Å². The van der Waals surface area contributed by atoms with E-state index in [1.54, 1.807) is 12.1 Å². The summed E-state index contributed by atoms with van der Waals surface area (Å²) in [5.41, 5.74) is 2.46. The first-order chi connectivity index (χ1) is 7.74. The molecule has 17 heavy (non-hydrogen) atoms. The van der Waals surface area contributed by atoms with Crippen LogP contribution in [-0.4, -0.2) is 30.6 Å². The van der Waals surface area contributed by atoms with Crippen molar-refractivity contribution >= 4 is 23.8 Å². The molecule has 1 atom stereocenters. The molecule has 6 heteroatoms. The summed E-state index contributed by atoms with van der Waals surface area (Å²) in [6.45, 7) is 2.87. The number of nitrogens with one attached hydrogen (secondary N) is 1. The van der Waals surface area contributed by atoms with E-state index >= 15 is 0 Å². The third kappa shape index (κ3) is 2.08. The molecule has 1 N–H and O–H groups in total. The second-order valence-electron chi connectivity index (χ2n) is 4.37. The first-order valence-corrected chi connectivity index (χ1v) is 5.50. The summed E-state index contributed by atoms with van der Waals surface area (Å²) in [6.07, 6.45) is 0.976. The number of nitro benzene ring substituents is 1. The van der Waals surface area contributed by atoms with Crippen LogP contribution in [0.15, 0.2) is 18.2 Å². The first kappa shape index (κ1) is 12.1. The van der Waals surface area contributed by atoms with Gasteiger partial charge in [-0.2, -0.15) is 0 Å². The molecule has 5 nitrogen and oxygen atoms in total. The predicted molar refractivity (Wildman–Crippen MR) is 68.1 cm³/mol. The number of fused-ring (bicyclic) bond motifs is 4. The number of non-ortho nitro benzene ring substituents is 1. The average Bonchev–Trinajstić information content (AvgIpc) is 2.29. The number of nitro groups is 1. The van der Waals surface area contributed by atoms with Crippen LogP contribution in [-0.2, 0) is 6.42 Å². The molecule has 2 aliphatic heterocycles. The van der Waals surface area contributed by atoms with E-state index in [0.29, 0.717) is 6.04 Å². The minimum atomic E-state index is -0.325. The van der Waals surface area contributed by atoms with Crippen molar-refractivity contribution in [3.05, 3.63) is 33.9 Å². The Bertz CT molecular complexity index is 452. The van der Waals surface area contributed by atoms with Gasteiger partial charge in [-0.05, 0) is 12.0 Å². The number of halogens is 1. The molecule has 92 valence electrons. The third-order valence-corrected chi connectivity index (χ3v) is 3.34. The molecule has 0 spiro atoms. The Hall–Kier alpha value is -1.33. The molecule has 3 rings (SSSR count). The molecule has 0 amide bonds. The largest absolute Gasteiger partial charge is 0.368 e. The normalized spacial score (nSPS) is 21.4. The zero-order valence-corrected chi connectivity index (χ0v) is 10.1. The highest BCUT2D eigenvalue weighted by atomic mass is 35.5. The Morgan fingerprint density at radius 2 is 2.29 bits per heavy atom. The molecule has 0 saturated carbocycles. The van der Waals surface area contributed by atoms with Crippen molar-refractivity contribution in [3.8, 4) is 0 Å². The minimum Gasteiger partial charge on any atom is -0.368 e. The van der Waals surface area contributed by atoms with Gasteiger partial charge in [0.1, 0.15) is 0 Å². The molecule has 2 heterocycles. The zero-order valence-electron chi connectivity index (χ0n) is 9.26. The summed E-state index contributed by atoms with van der Waals surface area (Å²) < 4.78 is 0. The Balaban J connectivity index is 0.00000108. The van der Waals surface area contributed by atoms with Crippen LogP contribution in [0.4, 0.5) is 11.4 Å². The highest BCUT2D eigenvalue weighted by Crippen LogP contribution is 2.31. The van der Waals surface area contributed by atoms with E-state index < -0.39 is 0 Å². The number of benzene rings is 1. The molecule has 1 aromatic carbocycles. The van der Waals surface area contributed by atoms with E-state index in [2.05, 4.69) is 10.2 Å². The van der Waals surface area contributed by atoms with Gasteiger partial charge in [0, 0.05) is 43.5 Å². The summed E-state index contributed by atoms with van der Waals surface area (Å²) in [5, 5.41) is 14.2. The molecule has 2 aliphatic rings. The highest BCUT2D eigenvalue weighted by Gasteiger charge is 2.28. The van der Waals surface area contributed by atoms with Crippen LogP contribution >= 0.6 is 12.4 Å². The SMILES string of the molecule is Cl.O=[N+]([O-])c1ccc2c(c1)N1CCNC(C2)C1. The fraction of sp³-hybridized carbons (Fsp3) is 0.455. The third-order valence-electron chi connectivity index (χ3n) is 3.34. The molecule has 0 aliphatic carbocycles. The molecule has 0 radical (unpaired) electrons. The summed E-state index contributed by atoms with van der Waals surface area (Å²) >= 11 is 0. The van der Waals surface area contributed by atoms with Crippen LogP contribution in [0, 0.1) is 10.1 Å². The van der Waals surface area contributed by atoms with Crippen molar-refractivity contribution in [1.29, 1.82) is 0 Å². The van der Waals surface area contributed by atoms with E-state index in [0.717, 1.165) is 31.7 Å². The van der Waals surface area contributed by atoms with E-state index in [1.807, 2.05) is 6.07 Å². The van der Waals surface area contributed by atoms with Crippen molar-refractivity contribution in [2.45, 2.75) is 12.5 Å². The van der Waals surface area contributed by atoms with Crippen molar-refractivity contribution in [2.75, 3.05) is 24.5 Å². The number of hydrogen-bond donors (Lipinski definition) is 1. The first-order valence-electron chi connectivity index (χ1n) is 5.50. The van der Waals surface area contributed by atoms with Crippen LogP contribution in [0.25, 0.3) is 0 Å². The smallest absolute Gasteiger partial charge is 0.271 e. The van der Waals surface area contributed by atoms with Crippen molar-refractivity contribution in [1.82, 2.24) is 5.32 Å². The Labute approximate surface area is 105 Å². The molecule has 1 aromatic rings. The second-order valence-corrected chi connectivity index (χ2v) is 4.37. The Morgan fingerprint density at radius 3 is 3.06 bits per heavy atom. The van der Waals surface area contributed by atoms with Crippen LogP contribution in [0.5, 0.6) is 0 Å². The Kier molecular flexibility index (Phi) is 3.22. The van der Waals surface area contributed by atoms with Gasteiger partial charge in [-0.3, -0.25) is 10.1 Å². The summed E-state index contributed by atoms with van der Waals surface area (Å²) in [7, 11) is 0. The van der Waals surface area contributed by atoms with Gasteiger partial charge >= 0.3 is 0 Å². The lowest BCUT2D eigenvalue weighted by Gasteiger charge is -2.40. The van der Waals surface area contributed by atoms with Gasteiger partial charge in [0.2, 0.25) is 0 Å². The monoisotopic (exact) mass is 255 g/mol. The molecule has 1 unspecified atom stereocenters. The summed E-state index contributed by atoms with van der Waals surface area (Å²) in [5.74, 6) is 0. The second kappa shape index (κ2) is 4.50. The van der Waals surface area contributed by atoms with E-state index in [4.69, 9.17) is 0 Å². The summed E-state index contributed by atoms with van der Waals surface area (Å²) in [6, 6.07) is 5.69. The maximum absolute atomic E-state index is 10.7. The van der Waals surface area contributed by atoms with Crippen molar-refractivity contribution in [2.24, 2.45) is 0 Å². The molecular weight excluding hydrogens is 242 g/mol. The van der Waals surface area contributed by atoms with Gasteiger partial charge in [0.25, 0.3) is 5.69 Å². The number of rotatable bonds is 1. The summed E-state index contributed by atoms with van der Waals surface area (Å²) in [4.78, 5) is 12.7. The number of hydrogen-bond acceptors (Lipinski definition) is 4. The van der Waals surface area contributed by atoms with Gasteiger partial charge in [0.15, 0.2) is 0 Å². The number of nitrogens with zero attached hydrogens (tertiary/aromatic N) is 2. The van der Waals surface area contributed by atoms with Crippen LogP contribution < -0.4 is 10.2 Å². The lowest BCUT2D eigenvalue weighted by molar-refractivity contribution is -0.384. The molecular formula is C11H14ClN3O2. The van der Waals surface area contributed by atoms with Crippen LogP contribution in [0.1, 0.15) is 5.56 Å². The van der Waals surface area contributed by atoms with Gasteiger partial charge in [-0.1, -0.05) is 6.07 Å². The highest BCUT2D eigenvalue weighted by molar-refractivity contribution is 5.85. The van der Waals surface area contributed by atoms with Gasteiger partial charge in [0.05, 0.1) is 4.92 Å². The topological polar surface area (TPSA) is 58.4 Å². The van der Waals surface area contributed by atoms with Gasteiger partial charge in [-0.25, -0.2) is 0 Å². The number of piperazine rings is 1. The van der Waals surface area contributed by atoms with Crippen molar-refractivity contribution < 1.29 is 4.92 Å². The standard InChI is InChI=1S/C11H13N3O2.ClH/c15-14(16)10-2-1-8-5-9-7-13(4-3-12-9)11(8)6-10;/h1-2,6,9,12H,3-5,7H2;1H. The quantitative estimate of drug-likeness (QED) is 0.608. The fourth-order valence-corrected chi connectivity index (χ4v) is 2.58. The van der Waals surface area contributed by atoms with E-state index in [-0.39, 0.29) is 23.0 Å². The van der Waals surface area contributed by atoms with E-state index in [1.165, 1.54) is 5.56 Å². The lowest BCUT2D eigenvalue weighted by Crippen LogP contribution is -2.54. The zero-order chi connectivity index (χ0) is 11.1. The molecule has 1 saturated heterocycles. The number of anilines is 1.